The Labute approximate surface area is 120 Å². The summed E-state index contributed by atoms with van der Waals surface area (Å²) in [5.74, 6) is 0.603. The number of hydrogen-bond acceptors (Lipinski definition) is 3. The highest BCUT2D eigenvalue weighted by atomic mass is 16.5. The molecule has 0 spiro atoms. The maximum absolute atomic E-state index is 12.1. The molecule has 0 aliphatic heterocycles. The molecule has 0 aliphatic rings. The van der Waals surface area contributed by atoms with Gasteiger partial charge in [0.15, 0.2) is 0 Å². The maximum Gasteiger partial charge on any atom is 0.253 e. The van der Waals surface area contributed by atoms with Crippen molar-refractivity contribution in [1.82, 2.24) is 5.32 Å². The summed E-state index contributed by atoms with van der Waals surface area (Å²) in [6.07, 6.45) is 4.53. The van der Waals surface area contributed by atoms with Gasteiger partial charge in [0.05, 0.1) is 12.7 Å². The van der Waals surface area contributed by atoms with E-state index >= 15 is 0 Å². The van der Waals surface area contributed by atoms with E-state index in [1.807, 2.05) is 37.3 Å². The number of carbonyl (C=O) groups excluding carboxylic acids is 1. The third-order valence-corrected chi connectivity index (χ3v) is 2.78. The molecule has 108 valence electrons. The minimum atomic E-state index is -0.169. The monoisotopic (exact) mass is 274 g/mol. The first-order valence-electron chi connectivity index (χ1n) is 6.62. The van der Waals surface area contributed by atoms with Gasteiger partial charge in [-0.3, -0.25) is 4.79 Å². The van der Waals surface area contributed by atoms with Crippen molar-refractivity contribution in [2.24, 2.45) is 5.73 Å². The van der Waals surface area contributed by atoms with Gasteiger partial charge in [-0.05, 0) is 31.0 Å². The van der Waals surface area contributed by atoms with E-state index in [2.05, 4.69) is 5.32 Å². The smallest absolute Gasteiger partial charge is 0.253 e. The van der Waals surface area contributed by atoms with Crippen LogP contribution in [0.1, 0.15) is 25.8 Å². The predicted octanol–water partition coefficient (Wildman–Crippen LogP) is 2.51. The molecule has 0 aliphatic carbocycles. The number of rotatable bonds is 6. The van der Waals surface area contributed by atoms with E-state index in [9.17, 15) is 4.79 Å². The van der Waals surface area contributed by atoms with Crippen LogP contribution in [-0.4, -0.2) is 13.0 Å². The third kappa shape index (κ3) is 4.80. The second-order valence-electron chi connectivity index (χ2n) is 4.44. The quantitative estimate of drug-likeness (QED) is 0.619. The highest BCUT2D eigenvalue weighted by Crippen LogP contribution is 2.12. The fourth-order valence-corrected chi connectivity index (χ4v) is 1.68. The van der Waals surface area contributed by atoms with Crippen molar-refractivity contribution in [2.75, 3.05) is 7.11 Å². The standard InChI is InChI=1S/C16H22N2O2/c1-4-5-9-15(12(2)17)16(19)18-11-13-7-6-8-14(10-13)20-3/h5-10H,4,11,17H2,1-3H3,(H,18,19)/b9-5-,15-12-. The summed E-state index contributed by atoms with van der Waals surface area (Å²) in [5, 5.41) is 2.86. The van der Waals surface area contributed by atoms with E-state index in [1.165, 1.54) is 0 Å². The summed E-state index contributed by atoms with van der Waals surface area (Å²) >= 11 is 0. The molecule has 20 heavy (non-hydrogen) atoms. The molecule has 0 aromatic heterocycles. The number of nitrogens with two attached hydrogens (primary N) is 1. The molecule has 0 saturated carbocycles. The van der Waals surface area contributed by atoms with Gasteiger partial charge >= 0.3 is 0 Å². The molecule has 4 nitrogen and oxygen atoms in total. The zero-order chi connectivity index (χ0) is 15.0. The number of methoxy groups -OCH3 is 1. The van der Waals surface area contributed by atoms with Crippen molar-refractivity contribution in [1.29, 1.82) is 0 Å². The van der Waals surface area contributed by atoms with E-state index in [-0.39, 0.29) is 5.91 Å². The number of allylic oxidation sites excluding steroid dienone is 2. The molecule has 1 aromatic carbocycles. The Morgan fingerprint density at radius 3 is 2.80 bits per heavy atom. The number of ether oxygens (including phenoxy) is 1. The van der Waals surface area contributed by atoms with Gasteiger partial charge in [0, 0.05) is 12.2 Å². The average molecular weight is 274 g/mol. The van der Waals surface area contributed by atoms with E-state index in [0.717, 1.165) is 17.7 Å². The molecule has 4 heteroatoms. The fourth-order valence-electron chi connectivity index (χ4n) is 1.68. The Kier molecular flexibility index (Phi) is 6.37. The summed E-state index contributed by atoms with van der Waals surface area (Å²) in [4.78, 5) is 12.1. The van der Waals surface area contributed by atoms with Crippen LogP contribution in [0.25, 0.3) is 0 Å². The Morgan fingerprint density at radius 1 is 1.45 bits per heavy atom. The van der Waals surface area contributed by atoms with Gasteiger partial charge in [-0.2, -0.15) is 0 Å². The summed E-state index contributed by atoms with van der Waals surface area (Å²) in [7, 11) is 1.62. The zero-order valence-corrected chi connectivity index (χ0v) is 12.3. The third-order valence-electron chi connectivity index (χ3n) is 2.78. The Hall–Kier alpha value is -2.23. The minimum absolute atomic E-state index is 0.169. The van der Waals surface area contributed by atoms with Gasteiger partial charge in [-0.15, -0.1) is 0 Å². The molecule has 0 fully saturated rings. The molecule has 0 bridgehead atoms. The molecule has 0 saturated heterocycles. The van der Waals surface area contributed by atoms with Crippen molar-refractivity contribution in [3.8, 4) is 5.75 Å². The lowest BCUT2D eigenvalue weighted by molar-refractivity contribution is -0.117. The van der Waals surface area contributed by atoms with Gasteiger partial charge in [0.25, 0.3) is 5.91 Å². The highest BCUT2D eigenvalue weighted by molar-refractivity contribution is 5.96. The van der Waals surface area contributed by atoms with Crippen molar-refractivity contribution < 1.29 is 9.53 Å². The first kappa shape index (κ1) is 15.8. The van der Waals surface area contributed by atoms with Gasteiger partial charge in [0.1, 0.15) is 5.75 Å². The van der Waals surface area contributed by atoms with Gasteiger partial charge in [0.2, 0.25) is 0 Å². The van der Waals surface area contributed by atoms with Crippen molar-refractivity contribution >= 4 is 5.91 Å². The Balaban J connectivity index is 2.70. The molecule has 0 heterocycles. The van der Waals surface area contributed by atoms with Gasteiger partial charge < -0.3 is 15.8 Å². The first-order chi connectivity index (χ1) is 9.58. The molecule has 0 radical (unpaired) electrons. The van der Waals surface area contributed by atoms with Crippen LogP contribution in [0.4, 0.5) is 0 Å². The SMILES string of the molecule is CC/C=C\C(C(=O)NCc1cccc(OC)c1)=C(/C)N. The molecule has 3 N–H and O–H groups in total. The summed E-state index contributed by atoms with van der Waals surface area (Å²) in [6.45, 7) is 4.17. The lowest BCUT2D eigenvalue weighted by atomic mass is 10.1. The van der Waals surface area contributed by atoms with Crippen LogP contribution in [0, 0.1) is 0 Å². The van der Waals surface area contributed by atoms with Crippen molar-refractivity contribution in [3.05, 3.63) is 53.3 Å². The Bertz CT molecular complexity index is 515. The molecule has 1 amide bonds. The van der Waals surface area contributed by atoms with E-state index < -0.39 is 0 Å². The fraction of sp³-hybridized carbons (Fsp3) is 0.312. The predicted molar refractivity (Wildman–Crippen MR) is 81.2 cm³/mol. The number of benzene rings is 1. The molecule has 0 atom stereocenters. The van der Waals surface area contributed by atoms with Crippen LogP contribution in [0.3, 0.4) is 0 Å². The lowest BCUT2D eigenvalue weighted by Gasteiger charge is -2.08. The number of nitrogens with one attached hydrogen (secondary N) is 1. The summed E-state index contributed by atoms with van der Waals surface area (Å²) in [5.41, 5.74) is 7.74. The van der Waals surface area contributed by atoms with E-state index in [4.69, 9.17) is 10.5 Å². The normalized spacial score (nSPS) is 12.2. The maximum atomic E-state index is 12.1. The van der Waals surface area contributed by atoms with Gasteiger partial charge in [-0.25, -0.2) is 0 Å². The topological polar surface area (TPSA) is 64.3 Å². The van der Waals surface area contributed by atoms with E-state index in [1.54, 1.807) is 20.1 Å². The van der Waals surface area contributed by atoms with E-state index in [0.29, 0.717) is 17.8 Å². The van der Waals surface area contributed by atoms with Crippen LogP contribution in [-0.2, 0) is 11.3 Å². The molecule has 1 rings (SSSR count). The number of amides is 1. The zero-order valence-electron chi connectivity index (χ0n) is 12.3. The summed E-state index contributed by atoms with van der Waals surface area (Å²) < 4.78 is 5.15. The second kappa shape index (κ2) is 8.04. The minimum Gasteiger partial charge on any atom is -0.497 e. The first-order valence-corrected chi connectivity index (χ1v) is 6.62. The van der Waals surface area contributed by atoms with Crippen LogP contribution < -0.4 is 15.8 Å². The average Bonchev–Trinajstić information content (AvgIpc) is 2.45. The molecular weight excluding hydrogens is 252 g/mol. The largest absolute Gasteiger partial charge is 0.497 e. The van der Waals surface area contributed by atoms with Crippen molar-refractivity contribution in [2.45, 2.75) is 26.8 Å². The lowest BCUT2D eigenvalue weighted by Crippen LogP contribution is -2.25. The number of hydrogen-bond donors (Lipinski definition) is 2. The molecule has 0 unspecified atom stereocenters. The highest BCUT2D eigenvalue weighted by Gasteiger charge is 2.08. The van der Waals surface area contributed by atoms with Crippen LogP contribution in [0.2, 0.25) is 0 Å². The number of carbonyl (C=O) groups is 1. The van der Waals surface area contributed by atoms with Crippen LogP contribution in [0.5, 0.6) is 5.75 Å². The van der Waals surface area contributed by atoms with Crippen LogP contribution in [0.15, 0.2) is 47.7 Å². The Morgan fingerprint density at radius 2 is 2.20 bits per heavy atom. The van der Waals surface area contributed by atoms with Gasteiger partial charge in [-0.1, -0.05) is 31.2 Å². The molecule has 1 aromatic rings. The van der Waals surface area contributed by atoms with Crippen molar-refractivity contribution in [3.63, 3.8) is 0 Å². The summed E-state index contributed by atoms with van der Waals surface area (Å²) in [6, 6.07) is 7.58. The van der Waals surface area contributed by atoms with Crippen LogP contribution >= 0.6 is 0 Å². The molecular formula is C16H22N2O2. The second-order valence-corrected chi connectivity index (χ2v) is 4.44.